The van der Waals surface area contributed by atoms with Gasteiger partial charge in [-0.05, 0) is 11.6 Å². The van der Waals surface area contributed by atoms with E-state index in [0.717, 1.165) is 5.56 Å². The van der Waals surface area contributed by atoms with E-state index in [2.05, 4.69) is 6.92 Å². The Morgan fingerprint density at radius 3 is 2.59 bits per heavy atom. The molecule has 0 amide bonds. The van der Waals surface area contributed by atoms with Crippen molar-refractivity contribution in [3.8, 4) is 0 Å². The van der Waals surface area contributed by atoms with Crippen molar-refractivity contribution in [1.29, 1.82) is 0 Å². The van der Waals surface area contributed by atoms with E-state index in [1.54, 1.807) is 6.08 Å². The maximum atomic E-state index is 11.5. The highest BCUT2D eigenvalue weighted by molar-refractivity contribution is 5.77. The second kappa shape index (κ2) is 5.15. The van der Waals surface area contributed by atoms with E-state index in [9.17, 15) is 4.79 Å². The first-order valence-corrected chi connectivity index (χ1v) is 5.69. The van der Waals surface area contributed by atoms with Gasteiger partial charge in [0.15, 0.2) is 6.10 Å². The zero-order chi connectivity index (χ0) is 12.3. The van der Waals surface area contributed by atoms with E-state index >= 15 is 0 Å². The summed E-state index contributed by atoms with van der Waals surface area (Å²) >= 11 is 0. The lowest BCUT2D eigenvalue weighted by Gasteiger charge is -2.29. The summed E-state index contributed by atoms with van der Waals surface area (Å²) in [5.74, 6) is -0.104. The Kier molecular flexibility index (Phi) is 3.59. The van der Waals surface area contributed by atoms with Crippen molar-refractivity contribution >= 4 is 5.97 Å². The van der Waals surface area contributed by atoms with Crippen LogP contribution in [0.2, 0.25) is 0 Å². The Morgan fingerprint density at radius 1 is 1.24 bits per heavy atom. The highest BCUT2D eigenvalue weighted by Gasteiger charge is 2.29. The maximum absolute atomic E-state index is 11.5. The fourth-order valence-corrected chi connectivity index (χ4v) is 1.98. The number of benzene rings is 1. The molecule has 90 valence electrons. The lowest BCUT2D eigenvalue weighted by atomic mass is 9.94. The van der Waals surface area contributed by atoms with Crippen LogP contribution in [0.1, 0.15) is 18.6 Å². The van der Waals surface area contributed by atoms with E-state index in [0.29, 0.717) is 0 Å². The van der Waals surface area contributed by atoms with Crippen molar-refractivity contribution in [3.05, 3.63) is 48.0 Å². The van der Waals surface area contributed by atoms with Gasteiger partial charge in [0.25, 0.3) is 0 Å². The molecule has 0 radical (unpaired) electrons. The lowest BCUT2D eigenvalue weighted by Crippen LogP contribution is -2.30. The minimum Gasteiger partial charge on any atom is -0.467 e. The molecule has 0 saturated carbocycles. The summed E-state index contributed by atoms with van der Waals surface area (Å²) < 4.78 is 10.5. The molecule has 1 heterocycles. The largest absolute Gasteiger partial charge is 0.467 e. The van der Waals surface area contributed by atoms with E-state index in [-0.39, 0.29) is 18.0 Å². The molecule has 0 unspecified atom stereocenters. The van der Waals surface area contributed by atoms with Crippen LogP contribution in [0.4, 0.5) is 0 Å². The molecule has 1 aliphatic heterocycles. The average molecular weight is 232 g/mol. The molecule has 3 atom stereocenters. The van der Waals surface area contributed by atoms with Gasteiger partial charge in [0.1, 0.15) is 0 Å². The molecule has 1 aliphatic rings. The molecule has 0 aromatic heterocycles. The van der Waals surface area contributed by atoms with Crippen LogP contribution in [-0.4, -0.2) is 19.2 Å². The van der Waals surface area contributed by atoms with Crippen molar-refractivity contribution in [3.63, 3.8) is 0 Å². The van der Waals surface area contributed by atoms with Crippen molar-refractivity contribution < 1.29 is 14.3 Å². The molecular formula is C14H16O3. The molecule has 0 fully saturated rings. The maximum Gasteiger partial charge on any atom is 0.339 e. The van der Waals surface area contributed by atoms with Crippen LogP contribution in [-0.2, 0) is 14.3 Å². The monoisotopic (exact) mass is 232 g/mol. The highest BCUT2D eigenvalue weighted by Crippen LogP contribution is 2.32. The number of carbonyl (C=O) groups excluding carboxylic acids is 1. The van der Waals surface area contributed by atoms with E-state index in [4.69, 9.17) is 9.47 Å². The summed E-state index contributed by atoms with van der Waals surface area (Å²) in [6, 6.07) is 9.92. The van der Waals surface area contributed by atoms with Crippen molar-refractivity contribution in [2.45, 2.75) is 19.1 Å². The Hall–Kier alpha value is -1.61. The number of hydrogen-bond acceptors (Lipinski definition) is 3. The van der Waals surface area contributed by atoms with Crippen molar-refractivity contribution in [1.82, 2.24) is 0 Å². The summed E-state index contributed by atoms with van der Waals surface area (Å²) in [5.41, 5.74) is 1.08. The number of hydrogen-bond donors (Lipinski definition) is 0. The molecule has 1 aromatic rings. The quantitative estimate of drug-likeness (QED) is 0.580. The van der Waals surface area contributed by atoms with Crippen LogP contribution in [0, 0.1) is 5.92 Å². The molecule has 0 saturated heterocycles. The van der Waals surface area contributed by atoms with Gasteiger partial charge in [-0.15, -0.1) is 0 Å². The Balaban J connectivity index is 2.19. The Morgan fingerprint density at radius 2 is 1.94 bits per heavy atom. The first-order chi connectivity index (χ1) is 8.22. The minimum absolute atomic E-state index is 0.0923. The van der Waals surface area contributed by atoms with Gasteiger partial charge >= 0.3 is 5.97 Å². The third-order valence-electron chi connectivity index (χ3n) is 2.92. The van der Waals surface area contributed by atoms with Gasteiger partial charge in [0.2, 0.25) is 0 Å². The summed E-state index contributed by atoms with van der Waals surface area (Å²) in [6.07, 6.45) is 3.07. The molecule has 3 heteroatoms. The third-order valence-corrected chi connectivity index (χ3v) is 2.92. The second-order valence-electron chi connectivity index (χ2n) is 4.16. The van der Waals surface area contributed by atoms with Gasteiger partial charge in [-0.1, -0.05) is 43.3 Å². The number of rotatable bonds is 2. The van der Waals surface area contributed by atoms with Crippen LogP contribution >= 0.6 is 0 Å². The molecule has 0 bridgehead atoms. The van der Waals surface area contributed by atoms with Crippen LogP contribution < -0.4 is 0 Å². The van der Waals surface area contributed by atoms with E-state index in [1.807, 2.05) is 36.4 Å². The zero-order valence-electron chi connectivity index (χ0n) is 10.00. The fraction of sp³-hybridized carbons (Fsp3) is 0.357. The topological polar surface area (TPSA) is 35.5 Å². The number of carbonyl (C=O) groups is 1. The minimum atomic E-state index is -0.596. The molecule has 0 spiro atoms. The van der Waals surface area contributed by atoms with Gasteiger partial charge in [0, 0.05) is 5.92 Å². The highest BCUT2D eigenvalue weighted by atomic mass is 16.6. The second-order valence-corrected chi connectivity index (χ2v) is 4.16. The van der Waals surface area contributed by atoms with Crippen LogP contribution in [0.25, 0.3) is 0 Å². The molecular weight excluding hydrogens is 216 g/mol. The third kappa shape index (κ3) is 2.56. The van der Waals surface area contributed by atoms with Gasteiger partial charge in [-0.2, -0.15) is 0 Å². The number of esters is 1. The standard InChI is InChI=1S/C14H16O3/c1-10-8-9-12(14(15)16-2)17-13(10)11-6-4-3-5-7-11/h3-10,12-13H,1-2H3/t10-,12+,13-/m0/s1. The van der Waals surface area contributed by atoms with Gasteiger partial charge in [-0.3, -0.25) is 0 Å². The van der Waals surface area contributed by atoms with Gasteiger partial charge in [0.05, 0.1) is 13.2 Å². The Bertz CT molecular complexity index is 411. The zero-order valence-corrected chi connectivity index (χ0v) is 10.00. The van der Waals surface area contributed by atoms with Crippen molar-refractivity contribution in [2.24, 2.45) is 5.92 Å². The van der Waals surface area contributed by atoms with E-state index < -0.39 is 6.10 Å². The van der Waals surface area contributed by atoms with Gasteiger partial charge in [-0.25, -0.2) is 4.79 Å². The summed E-state index contributed by atoms with van der Waals surface area (Å²) in [5, 5.41) is 0. The molecule has 0 N–H and O–H groups in total. The first kappa shape index (κ1) is 11.9. The van der Waals surface area contributed by atoms with Crippen LogP contribution in [0.15, 0.2) is 42.5 Å². The Labute approximate surface area is 101 Å². The average Bonchev–Trinajstić information content (AvgIpc) is 2.39. The fourth-order valence-electron chi connectivity index (χ4n) is 1.98. The summed E-state index contributed by atoms with van der Waals surface area (Å²) in [6.45, 7) is 2.07. The molecule has 2 rings (SSSR count). The normalized spacial score (nSPS) is 27.8. The predicted molar refractivity (Wildman–Crippen MR) is 64.4 cm³/mol. The first-order valence-electron chi connectivity index (χ1n) is 5.69. The SMILES string of the molecule is COC(=O)[C@H]1C=C[C@H](C)[C@@H](c2ccccc2)O1. The number of ether oxygens (including phenoxy) is 2. The molecule has 1 aromatic carbocycles. The summed E-state index contributed by atoms with van der Waals surface area (Å²) in [4.78, 5) is 11.5. The summed E-state index contributed by atoms with van der Waals surface area (Å²) in [7, 11) is 1.37. The van der Waals surface area contributed by atoms with Gasteiger partial charge < -0.3 is 9.47 Å². The van der Waals surface area contributed by atoms with E-state index in [1.165, 1.54) is 7.11 Å². The molecule has 3 nitrogen and oxygen atoms in total. The predicted octanol–water partition coefficient (Wildman–Crippen LogP) is 2.49. The van der Waals surface area contributed by atoms with Crippen LogP contribution in [0.5, 0.6) is 0 Å². The molecule has 0 aliphatic carbocycles. The lowest BCUT2D eigenvalue weighted by molar-refractivity contribution is -0.156. The van der Waals surface area contributed by atoms with Crippen molar-refractivity contribution in [2.75, 3.05) is 7.11 Å². The number of methoxy groups -OCH3 is 1. The molecule has 17 heavy (non-hydrogen) atoms. The smallest absolute Gasteiger partial charge is 0.339 e. The van der Waals surface area contributed by atoms with Crippen LogP contribution in [0.3, 0.4) is 0 Å².